The van der Waals surface area contributed by atoms with Crippen LogP contribution in [0.15, 0.2) is 24.7 Å². The lowest BCUT2D eigenvalue weighted by molar-refractivity contribution is 0.0774. The molecule has 1 aliphatic rings. The van der Waals surface area contributed by atoms with Gasteiger partial charge in [-0.1, -0.05) is 13.8 Å². The molecule has 1 aliphatic heterocycles. The topological polar surface area (TPSA) is 54.3 Å². The SMILES string of the molecule is CC.CN(C)C(=O)c1cccnc(Cl)ncn1C1CCN(C(C)(C)C)CC1. The van der Waals surface area contributed by atoms with Gasteiger partial charge in [-0.3, -0.25) is 9.69 Å². The van der Waals surface area contributed by atoms with Crippen molar-refractivity contribution in [3.8, 4) is 0 Å². The molecule has 1 amide bonds. The number of rotatable bonds is 2. The second-order valence-electron chi connectivity index (χ2n) is 7.53. The van der Waals surface area contributed by atoms with Crippen LogP contribution in [-0.4, -0.2) is 63.0 Å². The van der Waals surface area contributed by atoms with Crippen molar-refractivity contribution in [3.63, 3.8) is 0 Å². The Hall–Kier alpha value is -1.66. The Bertz CT molecular complexity index is 657. The zero-order valence-corrected chi connectivity index (χ0v) is 18.5. The molecule has 0 unspecified atom stereocenters. The highest BCUT2D eigenvalue weighted by Crippen LogP contribution is 2.27. The third-order valence-electron chi connectivity index (χ3n) is 4.52. The Balaban J connectivity index is 0.00000176. The number of likely N-dealkylation sites (tertiary alicyclic amines) is 1. The van der Waals surface area contributed by atoms with Crippen molar-refractivity contribution >= 4 is 17.5 Å². The number of amides is 1. The third-order valence-corrected chi connectivity index (χ3v) is 4.72. The normalized spacial score (nSPS) is 15.4. The number of carbonyl (C=O) groups is 1. The molecule has 27 heavy (non-hydrogen) atoms. The van der Waals surface area contributed by atoms with Crippen molar-refractivity contribution < 1.29 is 4.79 Å². The first-order valence-corrected chi connectivity index (χ1v) is 9.97. The van der Waals surface area contributed by atoms with Crippen LogP contribution in [0.2, 0.25) is 5.28 Å². The fourth-order valence-corrected chi connectivity index (χ4v) is 3.15. The van der Waals surface area contributed by atoms with Gasteiger partial charge in [0, 0.05) is 45.0 Å². The van der Waals surface area contributed by atoms with Crippen molar-refractivity contribution in [1.29, 1.82) is 0 Å². The summed E-state index contributed by atoms with van der Waals surface area (Å²) in [4.78, 5) is 24.9. The van der Waals surface area contributed by atoms with Crippen LogP contribution in [0, 0.1) is 0 Å². The summed E-state index contributed by atoms with van der Waals surface area (Å²) in [5.74, 6) is -0.0626. The van der Waals surface area contributed by atoms with Gasteiger partial charge in [0.05, 0.1) is 6.33 Å². The summed E-state index contributed by atoms with van der Waals surface area (Å²) >= 11 is 5.99. The number of carbonyl (C=O) groups excluding carboxylic acids is 1. The van der Waals surface area contributed by atoms with Crippen LogP contribution in [0.25, 0.3) is 0 Å². The molecule has 1 aromatic heterocycles. The molecule has 152 valence electrons. The van der Waals surface area contributed by atoms with Crippen molar-refractivity contribution in [2.24, 2.45) is 0 Å². The van der Waals surface area contributed by atoms with E-state index in [1.165, 1.54) is 0 Å². The van der Waals surface area contributed by atoms with Crippen LogP contribution in [0.4, 0.5) is 0 Å². The fourth-order valence-electron chi connectivity index (χ4n) is 3.05. The van der Waals surface area contributed by atoms with Crippen molar-refractivity contribution in [2.75, 3.05) is 27.2 Å². The van der Waals surface area contributed by atoms with Gasteiger partial charge < -0.3 is 9.47 Å². The Morgan fingerprint density at radius 2 is 1.78 bits per heavy atom. The maximum absolute atomic E-state index is 12.7. The molecule has 0 radical (unpaired) electrons. The smallest absolute Gasteiger partial charge is 0.270 e. The monoisotopic (exact) mass is 395 g/mol. The molecule has 1 saturated heterocycles. The quantitative estimate of drug-likeness (QED) is 0.752. The number of hydrogen-bond donors (Lipinski definition) is 0. The second-order valence-corrected chi connectivity index (χ2v) is 7.87. The van der Waals surface area contributed by atoms with Gasteiger partial charge in [0.2, 0.25) is 5.28 Å². The van der Waals surface area contributed by atoms with E-state index in [9.17, 15) is 4.79 Å². The van der Waals surface area contributed by atoms with Crippen LogP contribution < -0.4 is 0 Å². The van der Waals surface area contributed by atoms with Gasteiger partial charge in [-0.25, -0.2) is 9.97 Å². The molecule has 2 rings (SSSR count). The Labute approximate surface area is 168 Å². The first-order chi connectivity index (χ1) is 12.7. The number of piperidine rings is 1. The zero-order chi connectivity index (χ0) is 20.6. The van der Waals surface area contributed by atoms with Crippen molar-refractivity contribution in [1.82, 2.24) is 24.3 Å². The molecule has 2 heterocycles. The number of halogens is 1. The highest BCUT2D eigenvalue weighted by atomic mass is 35.5. The lowest BCUT2D eigenvalue weighted by Crippen LogP contribution is -2.46. The largest absolute Gasteiger partial charge is 0.343 e. The second kappa shape index (κ2) is 10.6. The van der Waals surface area contributed by atoms with E-state index in [4.69, 9.17) is 11.6 Å². The minimum Gasteiger partial charge on any atom is -0.343 e. The van der Waals surface area contributed by atoms with Crippen LogP contribution in [0.3, 0.4) is 0 Å². The molecular formula is C20H34ClN5O. The molecule has 7 heteroatoms. The Morgan fingerprint density at radius 3 is 2.30 bits per heavy atom. The molecule has 1 aromatic rings. The van der Waals surface area contributed by atoms with Gasteiger partial charge >= 0.3 is 0 Å². The molecule has 0 saturated carbocycles. The van der Waals surface area contributed by atoms with Crippen molar-refractivity contribution in [3.05, 3.63) is 35.6 Å². The van der Waals surface area contributed by atoms with E-state index in [0.29, 0.717) is 5.69 Å². The number of hydrogen-bond acceptors (Lipinski definition) is 4. The van der Waals surface area contributed by atoms with E-state index in [0.717, 1.165) is 25.9 Å². The molecule has 1 fully saturated rings. The van der Waals surface area contributed by atoms with Gasteiger partial charge in [-0.2, -0.15) is 0 Å². The first-order valence-electron chi connectivity index (χ1n) is 9.59. The van der Waals surface area contributed by atoms with Crippen LogP contribution in [-0.2, 0) is 0 Å². The highest BCUT2D eigenvalue weighted by Gasteiger charge is 2.28. The molecule has 0 aromatic carbocycles. The maximum Gasteiger partial charge on any atom is 0.270 e. The predicted octanol–water partition coefficient (Wildman–Crippen LogP) is 4.22. The van der Waals surface area contributed by atoms with Gasteiger partial charge in [-0.15, -0.1) is 0 Å². The molecule has 0 spiro atoms. The van der Waals surface area contributed by atoms with Gasteiger partial charge in [0.15, 0.2) is 0 Å². The van der Waals surface area contributed by atoms with Gasteiger partial charge in [0.25, 0.3) is 5.91 Å². The molecule has 0 N–H and O–H groups in total. The van der Waals surface area contributed by atoms with E-state index < -0.39 is 0 Å². The van der Waals surface area contributed by atoms with E-state index in [2.05, 4.69) is 35.6 Å². The fraction of sp³-hybridized carbons (Fsp3) is 0.650. The molecular weight excluding hydrogens is 362 g/mol. The molecule has 0 aliphatic carbocycles. The molecule has 0 atom stereocenters. The van der Waals surface area contributed by atoms with Crippen LogP contribution in [0.5, 0.6) is 0 Å². The predicted molar refractivity (Wildman–Crippen MR) is 112 cm³/mol. The average Bonchev–Trinajstić information content (AvgIpc) is 2.72. The Morgan fingerprint density at radius 1 is 1.19 bits per heavy atom. The van der Waals surface area contributed by atoms with E-state index in [1.54, 1.807) is 43.7 Å². The van der Waals surface area contributed by atoms with E-state index in [-0.39, 0.29) is 22.8 Å². The van der Waals surface area contributed by atoms with Crippen LogP contribution in [0.1, 0.15) is 64.0 Å². The summed E-state index contributed by atoms with van der Waals surface area (Å²) in [5.41, 5.74) is 0.740. The summed E-state index contributed by atoms with van der Waals surface area (Å²) in [7, 11) is 3.50. The van der Waals surface area contributed by atoms with Crippen LogP contribution >= 0.6 is 11.6 Å². The highest BCUT2D eigenvalue weighted by molar-refractivity contribution is 6.28. The molecule has 6 nitrogen and oxygen atoms in total. The van der Waals surface area contributed by atoms with Crippen molar-refractivity contribution in [2.45, 2.75) is 59.0 Å². The maximum atomic E-state index is 12.7. The minimum atomic E-state index is -0.0626. The lowest BCUT2D eigenvalue weighted by Gasteiger charge is -2.41. The van der Waals surface area contributed by atoms with Gasteiger partial charge in [0.1, 0.15) is 5.69 Å². The van der Waals surface area contributed by atoms with Gasteiger partial charge in [-0.05, 0) is 57.3 Å². The molecule has 0 bridgehead atoms. The van der Waals surface area contributed by atoms with E-state index >= 15 is 0 Å². The zero-order valence-electron chi connectivity index (χ0n) is 17.7. The third kappa shape index (κ3) is 6.78. The van der Waals surface area contributed by atoms with E-state index in [1.807, 2.05) is 18.4 Å². The minimum absolute atomic E-state index is 0.0626. The summed E-state index contributed by atoms with van der Waals surface area (Å²) in [6.45, 7) is 12.7. The summed E-state index contributed by atoms with van der Waals surface area (Å²) in [5, 5.41) is 0.153. The summed E-state index contributed by atoms with van der Waals surface area (Å²) in [6, 6.07) is 3.71. The lowest BCUT2D eigenvalue weighted by atomic mass is 9.97. The Kier molecular flexibility index (Phi) is 9.19. The number of nitrogens with zero attached hydrogens (tertiary/aromatic N) is 5. The standard InChI is InChI=1S/C18H28ClN5O.C2H6/c1-18(2,3)23-11-8-14(9-12-23)24-13-21-17(19)20-10-6-7-15(24)16(25)22(4)5;1-2/h6-7,10,13-14H,8-9,11-12H2,1-5H3;1-2H3. The number of aromatic nitrogens is 3. The average molecular weight is 396 g/mol. The summed E-state index contributed by atoms with van der Waals surface area (Å²) < 4.78 is 1.95. The first kappa shape index (κ1) is 23.4. The summed E-state index contributed by atoms with van der Waals surface area (Å²) in [6.07, 6.45) is 5.11.